The van der Waals surface area contributed by atoms with E-state index in [-0.39, 0.29) is 23.5 Å². The Morgan fingerprint density at radius 2 is 1.78 bits per heavy atom. The molecular formula is C29H33N4O3S+. The predicted molar refractivity (Wildman–Crippen MR) is 154 cm³/mol. The lowest BCUT2D eigenvalue weighted by Gasteiger charge is -2.18. The molecule has 2 amide bonds. The van der Waals surface area contributed by atoms with Gasteiger partial charge in [-0.15, -0.1) is 0 Å². The van der Waals surface area contributed by atoms with E-state index in [2.05, 4.69) is 51.2 Å². The Kier molecular flexibility index (Phi) is 7.88. The van der Waals surface area contributed by atoms with E-state index in [1.807, 2.05) is 52.5 Å². The third-order valence-corrected chi connectivity index (χ3v) is 7.47. The molecule has 3 N–H and O–H groups in total. The number of anilines is 2. The van der Waals surface area contributed by atoms with Gasteiger partial charge in [-0.1, -0.05) is 19.1 Å². The number of rotatable bonds is 8. The van der Waals surface area contributed by atoms with Crippen molar-refractivity contribution in [3.8, 4) is 22.5 Å². The summed E-state index contributed by atoms with van der Waals surface area (Å²) < 4.78 is 8.45. The molecular weight excluding hydrogens is 484 g/mol. The topological polar surface area (TPSA) is 91.6 Å². The zero-order valence-electron chi connectivity index (χ0n) is 21.9. The molecule has 7 nitrogen and oxygen atoms in total. The van der Waals surface area contributed by atoms with Crippen LogP contribution in [0.3, 0.4) is 0 Å². The van der Waals surface area contributed by atoms with Crippen molar-refractivity contribution >= 4 is 45.9 Å². The highest BCUT2D eigenvalue weighted by Crippen LogP contribution is 2.40. The average molecular weight is 518 g/mol. The Morgan fingerprint density at radius 3 is 2.43 bits per heavy atom. The molecule has 37 heavy (non-hydrogen) atoms. The maximum atomic E-state index is 12.4. The standard InChI is InChI=1S/C29H32N4O3S/c1-18(29(30)35)16-37-17-27(34)31-20-8-6-19(7-9-20)28-23-12-10-21(32(2)3)14-25(23)36-26-15-22(33(4)5)11-13-24(26)28/h6-15,18H,16-17H2,1-5H3,(H2,30,35)/p+1/t18-/m0/s1. The minimum absolute atomic E-state index is 0.115. The van der Waals surface area contributed by atoms with E-state index >= 15 is 0 Å². The van der Waals surface area contributed by atoms with E-state index in [4.69, 9.17) is 10.2 Å². The monoisotopic (exact) mass is 517 g/mol. The van der Waals surface area contributed by atoms with Gasteiger partial charge >= 0.3 is 0 Å². The first-order chi connectivity index (χ1) is 17.6. The van der Waals surface area contributed by atoms with Crippen LogP contribution in [-0.2, 0) is 9.59 Å². The van der Waals surface area contributed by atoms with Gasteiger partial charge < -0.3 is 20.4 Å². The van der Waals surface area contributed by atoms with Crippen LogP contribution >= 0.6 is 11.8 Å². The molecule has 2 aliphatic rings. The van der Waals surface area contributed by atoms with Crippen LogP contribution in [0.4, 0.5) is 11.4 Å². The van der Waals surface area contributed by atoms with Crippen molar-refractivity contribution in [2.45, 2.75) is 6.92 Å². The Hall–Kier alpha value is -3.78. The summed E-state index contributed by atoms with van der Waals surface area (Å²) in [6.45, 7) is 1.76. The van der Waals surface area contributed by atoms with Crippen molar-refractivity contribution in [2.75, 3.05) is 49.9 Å². The van der Waals surface area contributed by atoms with Gasteiger partial charge in [-0.05, 0) is 35.9 Å². The maximum Gasteiger partial charge on any atom is 0.234 e. The largest absolute Gasteiger partial charge is 0.456 e. The number of nitrogens with two attached hydrogens (primary N) is 1. The minimum atomic E-state index is -0.354. The van der Waals surface area contributed by atoms with E-state index < -0.39 is 0 Å². The van der Waals surface area contributed by atoms with Crippen molar-refractivity contribution in [3.05, 3.63) is 66.0 Å². The summed E-state index contributed by atoms with van der Waals surface area (Å²) in [5, 5.41) is 5.01. The summed E-state index contributed by atoms with van der Waals surface area (Å²) >= 11 is 1.40. The molecule has 8 heteroatoms. The number of hydrogen-bond donors (Lipinski definition) is 2. The molecule has 1 heterocycles. The van der Waals surface area contributed by atoms with Crippen LogP contribution in [0.25, 0.3) is 33.4 Å². The smallest absolute Gasteiger partial charge is 0.234 e. The van der Waals surface area contributed by atoms with Crippen LogP contribution in [-0.4, -0.2) is 51.5 Å². The van der Waals surface area contributed by atoms with Crippen LogP contribution in [0, 0.1) is 5.92 Å². The number of carbonyl (C=O) groups excluding carboxylic acids is 2. The van der Waals surface area contributed by atoms with Gasteiger partial charge in [0.1, 0.15) is 25.4 Å². The van der Waals surface area contributed by atoms with E-state index in [1.54, 1.807) is 6.92 Å². The fourth-order valence-corrected chi connectivity index (χ4v) is 4.96. The third-order valence-electron chi connectivity index (χ3n) is 6.27. The first kappa shape index (κ1) is 26.3. The lowest BCUT2D eigenvalue weighted by atomic mass is 9.93. The van der Waals surface area contributed by atoms with Gasteiger partial charge in [-0.25, -0.2) is 4.58 Å². The maximum absolute atomic E-state index is 12.4. The number of thioether (sulfide) groups is 1. The second-order valence-corrected chi connectivity index (χ2v) is 10.6. The van der Waals surface area contributed by atoms with Crippen molar-refractivity contribution in [3.63, 3.8) is 0 Å². The second kappa shape index (κ2) is 11.1. The molecule has 0 unspecified atom stereocenters. The Bertz CT molecular complexity index is 1490. The summed E-state index contributed by atoms with van der Waals surface area (Å²) in [5.41, 5.74) is 11.0. The van der Waals surface area contributed by atoms with Crippen molar-refractivity contribution < 1.29 is 14.0 Å². The number of carbonyl (C=O) groups is 2. The number of amides is 2. The third kappa shape index (κ3) is 5.97. The van der Waals surface area contributed by atoms with E-state index in [9.17, 15) is 9.59 Å². The highest BCUT2D eigenvalue weighted by Gasteiger charge is 2.19. The normalized spacial score (nSPS) is 11.9. The van der Waals surface area contributed by atoms with Gasteiger partial charge in [-0.2, -0.15) is 11.8 Å². The van der Waals surface area contributed by atoms with Gasteiger partial charge in [-0.3, -0.25) is 9.59 Å². The molecule has 0 saturated carbocycles. The summed E-state index contributed by atoms with van der Waals surface area (Å²) in [6, 6.07) is 20.4. The molecule has 0 bridgehead atoms. The summed E-state index contributed by atoms with van der Waals surface area (Å²) in [4.78, 5) is 25.6. The van der Waals surface area contributed by atoms with Crippen molar-refractivity contribution in [2.24, 2.45) is 11.7 Å². The van der Waals surface area contributed by atoms with Crippen LogP contribution in [0.2, 0.25) is 0 Å². The average Bonchev–Trinajstić information content (AvgIpc) is 2.86. The van der Waals surface area contributed by atoms with Gasteiger partial charge in [0, 0.05) is 65.8 Å². The van der Waals surface area contributed by atoms with E-state index in [0.29, 0.717) is 5.75 Å². The van der Waals surface area contributed by atoms with E-state index in [1.165, 1.54) is 11.8 Å². The van der Waals surface area contributed by atoms with Gasteiger partial charge in [0.25, 0.3) is 0 Å². The number of hydrogen-bond acceptors (Lipinski definition) is 5. The Balaban J connectivity index is 1.68. The van der Waals surface area contributed by atoms with Gasteiger partial charge in [0.15, 0.2) is 0 Å². The molecule has 4 rings (SSSR count). The molecule has 1 aliphatic carbocycles. The summed E-state index contributed by atoms with van der Waals surface area (Å²) in [5.74, 6) is 0.860. The molecule has 192 valence electrons. The first-order valence-corrected chi connectivity index (χ1v) is 13.2. The molecule has 0 spiro atoms. The molecule has 1 atom stereocenters. The van der Waals surface area contributed by atoms with Crippen LogP contribution in [0.15, 0.2) is 65.1 Å². The molecule has 2 aromatic carbocycles. The van der Waals surface area contributed by atoms with Crippen LogP contribution in [0.5, 0.6) is 0 Å². The number of nitrogens with zero attached hydrogens (tertiary/aromatic N) is 2. The highest BCUT2D eigenvalue weighted by molar-refractivity contribution is 8.00. The number of nitrogens with one attached hydrogen (secondary N) is 1. The molecule has 0 aromatic heterocycles. The van der Waals surface area contributed by atoms with Gasteiger partial charge in [0.05, 0.1) is 11.8 Å². The SMILES string of the molecule is C[C@@H](CSCC(=O)Nc1ccc(-c2c3ccc(=[N+](C)C)cc-3oc3cc(N(C)C)ccc23)cc1)C(N)=O. The van der Waals surface area contributed by atoms with Crippen molar-refractivity contribution in [1.82, 2.24) is 4.58 Å². The Morgan fingerprint density at radius 1 is 1.05 bits per heavy atom. The molecule has 0 fully saturated rings. The first-order valence-electron chi connectivity index (χ1n) is 12.1. The predicted octanol–water partition coefficient (Wildman–Crippen LogP) is 4.10. The lowest BCUT2D eigenvalue weighted by molar-refractivity contribution is -0.120. The second-order valence-electron chi connectivity index (χ2n) is 9.57. The molecule has 1 aliphatic heterocycles. The highest BCUT2D eigenvalue weighted by atomic mass is 32.2. The zero-order valence-corrected chi connectivity index (χ0v) is 22.7. The van der Waals surface area contributed by atoms with E-state index in [0.717, 1.165) is 50.2 Å². The lowest BCUT2D eigenvalue weighted by Crippen LogP contribution is -2.23. The zero-order chi connectivity index (χ0) is 26.7. The molecule has 0 radical (unpaired) electrons. The fraction of sp³-hybridized carbons (Fsp3) is 0.276. The van der Waals surface area contributed by atoms with Crippen molar-refractivity contribution in [1.29, 1.82) is 0 Å². The number of fused-ring (bicyclic) bond motifs is 2. The summed E-state index contributed by atoms with van der Waals surface area (Å²) in [7, 11) is 8.04. The van der Waals surface area contributed by atoms with Gasteiger partial charge in [0.2, 0.25) is 17.2 Å². The minimum Gasteiger partial charge on any atom is -0.456 e. The molecule has 2 aromatic rings. The Labute approximate surface area is 221 Å². The number of benzene rings is 3. The molecule has 0 saturated heterocycles. The fourth-order valence-electron chi connectivity index (χ4n) is 4.06. The van der Waals surface area contributed by atoms with Crippen LogP contribution < -0.4 is 25.9 Å². The quantitative estimate of drug-likeness (QED) is 0.271. The van der Waals surface area contributed by atoms with Crippen LogP contribution in [0.1, 0.15) is 6.92 Å². The number of primary amides is 1. The summed E-state index contributed by atoms with van der Waals surface area (Å²) in [6.07, 6.45) is 0.